The van der Waals surface area contributed by atoms with Crippen LogP contribution in [0.5, 0.6) is 5.75 Å². The molecule has 0 saturated heterocycles. The Morgan fingerprint density at radius 3 is 2.63 bits per heavy atom. The molecule has 2 aromatic carbocycles. The molecule has 10 nitrogen and oxygen atoms in total. The molecule has 2 aliphatic heterocycles. The summed E-state index contributed by atoms with van der Waals surface area (Å²) in [5.41, 5.74) is 2.28. The summed E-state index contributed by atoms with van der Waals surface area (Å²) in [4.78, 5) is 50.0. The molecule has 0 aliphatic carbocycles. The van der Waals surface area contributed by atoms with Gasteiger partial charge < -0.3 is 19.8 Å². The molecule has 0 saturated carbocycles. The van der Waals surface area contributed by atoms with E-state index >= 15 is 0 Å². The van der Waals surface area contributed by atoms with Crippen LogP contribution in [0, 0.1) is 0 Å². The minimum Gasteiger partial charge on any atom is -0.496 e. The molecule has 3 amide bonds. The molecule has 11 heteroatoms. The van der Waals surface area contributed by atoms with Gasteiger partial charge in [0.1, 0.15) is 23.4 Å². The fourth-order valence-corrected chi connectivity index (χ4v) is 5.80. The number of carbonyl (C=O) groups is 3. The predicted octanol–water partition coefficient (Wildman–Crippen LogP) is 4.17. The van der Waals surface area contributed by atoms with Gasteiger partial charge in [0.2, 0.25) is 11.8 Å². The molecule has 212 valence electrons. The van der Waals surface area contributed by atoms with Crippen LogP contribution >= 0.6 is 11.8 Å². The van der Waals surface area contributed by atoms with Crippen molar-refractivity contribution in [3.05, 3.63) is 83.8 Å². The lowest BCUT2D eigenvalue weighted by Gasteiger charge is -2.32. The summed E-state index contributed by atoms with van der Waals surface area (Å²) >= 11 is 1.29. The smallest absolute Gasteiger partial charge is 0.270 e. The molecule has 3 heterocycles. The molecule has 0 fully saturated rings. The standard InChI is InChI=1S/C30H31N5O5S/c1-3-25(29(38)32-18-20-10-8-16-40-20)41-30-33-22-12-6-5-11-21(22)27-34-28(37)23(35(27)30)14-15-26(36)31-17-19-9-4-7-13-24(19)39-2/h4-13,16,23,25H,3,14-15,17-18H2,1-2H3,(H,31,36)(H,32,38). The number of nitrogens with one attached hydrogen (secondary N) is 2. The van der Waals surface area contributed by atoms with Crippen molar-refractivity contribution in [1.82, 2.24) is 15.5 Å². The molecule has 0 radical (unpaired) electrons. The molecule has 3 aromatic rings. The molecule has 2 unspecified atom stereocenters. The molecular weight excluding hydrogens is 542 g/mol. The molecule has 2 N–H and O–H groups in total. The van der Waals surface area contributed by atoms with Crippen LogP contribution in [0.2, 0.25) is 0 Å². The van der Waals surface area contributed by atoms with Gasteiger partial charge in [-0.2, -0.15) is 4.99 Å². The SMILES string of the molecule is CCC(SC1=Nc2ccccc2C2=NC(=O)C(CCC(=O)NCc3ccccc3OC)N12)C(=O)NCc1ccco1. The third kappa shape index (κ3) is 6.35. The summed E-state index contributed by atoms with van der Waals surface area (Å²) in [6.07, 6.45) is 2.46. The Bertz CT molecular complexity index is 1490. The van der Waals surface area contributed by atoms with Gasteiger partial charge in [-0.3, -0.25) is 19.3 Å². The number of hydrogen-bond acceptors (Lipinski definition) is 8. The van der Waals surface area contributed by atoms with E-state index in [-0.39, 0.29) is 37.1 Å². The maximum Gasteiger partial charge on any atom is 0.270 e. The third-order valence-corrected chi connectivity index (χ3v) is 8.18. The first kappa shape index (κ1) is 28.2. The molecule has 0 bridgehead atoms. The maximum absolute atomic E-state index is 13.2. The molecular formula is C30H31N5O5S. The van der Waals surface area contributed by atoms with E-state index in [1.54, 1.807) is 30.4 Å². The fraction of sp³-hybridized carbons (Fsp3) is 0.300. The minimum atomic E-state index is -0.703. The number of amides is 3. The van der Waals surface area contributed by atoms with E-state index in [4.69, 9.17) is 14.1 Å². The number of rotatable bonds is 11. The van der Waals surface area contributed by atoms with Crippen molar-refractivity contribution >= 4 is 46.2 Å². The van der Waals surface area contributed by atoms with Crippen molar-refractivity contribution in [1.29, 1.82) is 0 Å². The highest BCUT2D eigenvalue weighted by Gasteiger charge is 2.42. The van der Waals surface area contributed by atoms with Gasteiger partial charge >= 0.3 is 0 Å². The van der Waals surface area contributed by atoms with Crippen LogP contribution in [-0.2, 0) is 27.5 Å². The predicted molar refractivity (Wildman–Crippen MR) is 157 cm³/mol. The second kappa shape index (κ2) is 12.9. The van der Waals surface area contributed by atoms with E-state index in [1.807, 2.05) is 55.5 Å². The number of para-hydroxylation sites is 2. The molecule has 0 spiro atoms. The summed E-state index contributed by atoms with van der Waals surface area (Å²) in [5, 5.41) is 5.87. The van der Waals surface area contributed by atoms with Crippen molar-refractivity contribution in [3.8, 4) is 5.75 Å². The number of aliphatic imine (C=N–C) groups is 2. The fourth-order valence-electron chi connectivity index (χ4n) is 4.71. The van der Waals surface area contributed by atoms with E-state index < -0.39 is 11.3 Å². The number of thioether (sulfide) groups is 1. The molecule has 2 atom stereocenters. The largest absolute Gasteiger partial charge is 0.496 e. The van der Waals surface area contributed by atoms with Gasteiger partial charge in [-0.05, 0) is 43.2 Å². The Hall–Kier alpha value is -4.38. The Kier molecular flexibility index (Phi) is 8.83. The van der Waals surface area contributed by atoms with E-state index in [2.05, 4.69) is 15.6 Å². The van der Waals surface area contributed by atoms with Gasteiger partial charge in [0, 0.05) is 24.1 Å². The van der Waals surface area contributed by atoms with Crippen LogP contribution in [0.1, 0.15) is 43.1 Å². The first-order valence-corrected chi connectivity index (χ1v) is 14.3. The number of carbonyl (C=O) groups excluding carboxylic acids is 3. The maximum atomic E-state index is 13.2. The van der Waals surface area contributed by atoms with Gasteiger partial charge in [0.15, 0.2) is 5.17 Å². The third-order valence-electron chi connectivity index (χ3n) is 6.85. The van der Waals surface area contributed by atoms with Crippen LogP contribution < -0.4 is 15.4 Å². The summed E-state index contributed by atoms with van der Waals surface area (Å²) < 4.78 is 10.7. The van der Waals surface area contributed by atoms with E-state index in [9.17, 15) is 14.4 Å². The topological polar surface area (TPSA) is 126 Å². The summed E-state index contributed by atoms with van der Waals surface area (Å²) in [5.74, 6) is 1.16. The van der Waals surface area contributed by atoms with Crippen LogP contribution in [0.4, 0.5) is 5.69 Å². The highest BCUT2D eigenvalue weighted by Crippen LogP contribution is 2.36. The first-order chi connectivity index (χ1) is 20.0. The number of ether oxygens (including phenoxy) is 1. The van der Waals surface area contributed by atoms with Gasteiger partial charge in [0.25, 0.3) is 5.91 Å². The number of hydrogen-bond donors (Lipinski definition) is 2. The Labute approximate surface area is 242 Å². The first-order valence-electron chi connectivity index (χ1n) is 13.4. The minimum absolute atomic E-state index is 0.116. The zero-order valence-corrected chi connectivity index (χ0v) is 23.6. The normalized spacial score (nSPS) is 16.3. The average Bonchev–Trinajstić information content (AvgIpc) is 3.64. The van der Waals surface area contributed by atoms with Crippen LogP contribution in [-0.4, -0.2) is 52.0 Å². The average molecular weight is 574 g/mol. The molecule has 2 aliphatic rings. The lowest BCUT2D eigenvalue weighted by molar-refractivity contribution is -0.123. The van der Waals surface area contributed by atoms with Gasteiger partial charge in [-0.1, -0.05) is 49.0 Å². The second-order valence-corrected chi connectivity index (χ2v) is 10.7. The van der Waals surface area contributed by atoms with E-state index in [0.29, 0.717) is 41.2 Å². The Morgan fingerprint density at radius 2 is 1.85 bits per heavy atom. The van der Waals surface area contributed by atoms with Crippen molar-refractivity contribution in [2.45, 2.75) is 50.6 Å². The van der Waals surface area contributed by atoms with Crippen LogP contribution in [0.25, 0.3) is 0 Å². The lowest BCUT2D eigenvalue weighted by atomic mass is 10.1. The monoisotopic (exact) mass is 573 g/mol. The number of amidine groups is 2. The quantitative estimate of drug-likeness (QED) is 0.353. The summed E-state index contributed by atoms with van der Waals surface area (Å²) in [6, 6.07) is 17.8. The van der Waals surface area contributed by atoms with E-state index in [1.165, 1.54) is 11.8 Å². The number of benzene rings is 2. The van der Waals surface area contributed by atoms with Gasteiger partial charge in [-0.25, -0.2) is 4.99 Å². The number of fused-ring (bicyclic) bond motifs is 3. The van der Waals surface area contributed by atoms with Crippen molar-refractivity contribution in [2.24, 2.45) is 9.98 Å². The summed E-state index contributed by atoms with van der Waals surface area (Å²) in [7, 11) is 1.59. The lowest BCUT2D eigenvalue weighted by Crippen LogP contribution is -2.45. The summed E-state index contributed by atoms with van der Waals surface area (Å²) in [6.45, 7) is 2.52. The second-order valence-electron chi connectivity index (χ2n) is 9.51. The number of methoxy groups -OCH3 is 1. The highest BCUT2D eigenvalue weighted by atomic mass is 32.2. The molecule has 5 rings (SSSR count). The zero-order chi connectivity index (χ0) is 28.8. The Morgan fingerprint density at radius 1 is 1.05 bits per heavy atom. The molecule has 41 heavy (non-hydrogen) atoms. The van der Waals surface area contributed by atoms with Crippen molar-refractivity contribution < 1.29 is 23.5 Å². The molecule has 1 aromatic heterocycles. The van der Waals surface area contributed by atoms with E-state index in [0.717, 1.165) is 11.1 Å². The van der Waals surface area contributed by atoms with Gasteiger partial charge in [0.05, 0.1) is 30.9 Å². The van der Waals surface area contributed by atoms with Crippen LogP contribution in [0.3, 0.4) is 0 Å². The van der Waals surface area contributed by atoms with Crippen LogP contribution in [0.15, 0.2) is 81.3 Å². The number of furan rings is 1. The Balaban J connectivity index is 1.29. The van der Waals surface area contributed by atoms with Crippen molar-refractivity contribution in [2.75, 3.05) is 7.11 Å². The number of nitrogens with zero attached hydrogens (tertiary/aromatic N) is 3. The van der Waals surface area contributed by atoms with Crippen molar-refractivity contribution in [3.63, 3.8) is 0 Å². The zero-order valence-electron chi connectivity index (χ0n) is 22.8. The highest BCUT2D eigenvalue weighted by molar-refractivity contribution is 8.15. The van der Waals surface area contributed by atoms with Gasteiger partial charge in [-0.15, -0.1) is 0 Å².